The molecule has 1 aromatic rings. The highest BCUT2D eigenvalue weighted by Crippen LogP contribution is 2.22. The van der Waals surface area contributed by atoms with Crippen molar-refractivity contribution >= 4 is 17.8 Å². The summed E-state index contributed by atoms with van der Waals surface area (Å²) in [5.41, 5.74) is 2.42. The minimum absolute atomic E-state index is 0.0304. The number of carbonyl (C=O) groups is 1. The van der Waals surface area contributed by atoms with E-state index < -0.39 is 0 Å². The van der Waals surface area contributed by atoms with E-state index in [2.05, 4.69) is 41.6 Å². The standard InChI is InChI=1S/C17H25N3O2S/c1-13-3-4-14(16(9-13)23-2)10-18-17(21)20-6-5-19-7-8-22-12-15(19)11-20/h3-4,9,15H,5-8,10-12H2,1-2H3,(H,18,21)/t15-/m0/s1. The minimum atomic E-state index is 0.0304. The van der Waals surface area contributed by atoms with Crippen LogP contribution in [0, 0.1) is 6.92 Å². The number of benzene rings is 1. The SMILES string of the molecule is CSc1cc(C)ccc1CNC(=O)N1CCN2CCOC[C@@H]2C1. The van der Waals surface area contributed by atoms with Gasteiger partial charge >= 0.3 is 6.03 Å². The summed E-state index contributed by atoms with van der Waals surface area (Å²) in [4.78, 5) is 18.0. The van der Waals surface area contributed by atoms with Gasteiger partial charge in [0.25, 0.3) is 0 Å². The number of piperazine rings is 1. The summed E-state index contributed by atoms with van der Waals surface area (Å²) in [5, 5.41) is 3.07. The van der Waals surface area contributed by atoms with Crippen molar-refractivity contribution in [1.82, 2.24) is 15.1 Å². The van der Waals surface area contributed by atoms with Gasteiger partial charge in [0.05, 0.1) is 19.3 Å². The maximum atomic E-state index is 12.5. The van der Waals surface area contributed by atoms with Gasteiger partial charge in [-0.1, -0.05) is 12.1 Å². The van der Waals surface area contributed by atoms with E-state index in [1.54, 1.807) is 11.8 Å². The average molecular weight is 335 g/mol. The minimum Gasteiger partial charge on any atom is -0.378 e. The van der Waals surface area contributed by atoms with Crippen LogP contribution in [0.1, 0.15) is 11.1 Å². The number of hydrogen-bond donors (Lipinski definition) is 1. The number of thioether (sulfide) groups is 1. The largest absolute Gasteiger partial charge is 0.378 e. The third kappa shape index (κ3) is 4.00. The van der Waals surface area contributed by atoms with Crippen LogP contribution >= 0.6 is 11.8 Å². The van der Waals surface area contributed by atoms with Crippen molar-refractivity contribution in [2.45, 2.75) is 24.4 Å². The summed E-state index contributed by atoms with van der Waals surface area (Å²) in [7, 11) is 0. The summed E-state index contributed by atoms with van der Waals surface area (Å²) < 4.78 is 5.53. The second-order valence-corrected chi connectivity index (χ2v) is 7.03. The van der Waals surface area contributed by atoms with Crippen LogP contribution in [0.4, 0.5) is 4.79 Å². The van der Waals surface area contributed by atoms with Crippen molar-refractivity contribution in [1.29, 1.82) is 0 Å². The lowest BCUT2D eigenvalue weighted by atomic mass is 10.1. The van der Waals surface area contributed by atoms with E-state index >= 15 is 0 Å². The van der Waals surface area contributed by atoms with Gasteiger partial charge in [-0.25, -0.2) is 4.79 Å². The molecule has 5 nitrogen and oxygen atoms in total. The summed E-state index contributed by atoms with van der Waals surface area (Å²) in [5.74, 6) is 0. The zero-order chi connectivity index (χ0) is 16.2. The lowest BCUT2D eigenvalue weighted by molar-refractivity contribution is -0.0365. The van der Waals surface area contributed by atoms with E-state index in [0.717, 1.165) is 39.4 Å². The van der Waals surface area contributed by atoms with Gasteiger partial charge in [0, 0.05) is 37.6 Å². The third-order valence-electron chi connectivity index (χ3n) is 4.60. The van der Waals surface area contributed by atoms with E-state index in [1.165, 1.54) is 16.0 Å². The van der Waals surface area contributed by atoms with Gasteiger partial charge in [0.2, 0.25) is 0 Å². The number of nitrogens with one attached hydrogen (secondary N) is 1. The van der Waals surface area contributed by atoms with Gasteiger partial charge in [-0.15, -0.1) is 11.8 Å². The van der Waals surface area contributed by atoms with Gasteiger partial charge in [-0.3, -0.25) is 4.90 Å². The quantitative estimate of drug-likeness (QED) is 0.858. The number of morpholine rings is 1. The van der Waals surface area contributed by atoms with Crippen molar-refractivity contribution in [3.8, 4) is 0 Å². The Morgan fingerprint density at radius 1 is 1.39 bits per heavy atom. The molecule has 1 N–H and O–H groups in total. The topological polar surface area (TPSA) is 44.8 Å². The van der Waals surface area contributed by atoms with Gasteiger partial charge in [0.15, 0.2) is 0 Å². The van der Waals surface area contributed by atoms with Crippen molar-refractivity contribution < 1.29 is 9.53 Å². The third-order valence-corrected chi connectivity index (χ3v) is 5.42. The van der Waals surface area contributed by atoms with Crippen LogP contribution in [0.3, 0.4) is 0 Å². The Morgan fingerprint density at radius 2 is 2.26 bits per heavy atom. The number of hydrogen-bond acceptors (Lipinski definition) is 4. The molecule has 0 bridgehead atoms. The molecular formula is C17H25N3O2S. The first-order valence-corrected chi connectivity index (χ1v) is 9.38. The van der Waals surface area contributed by atoms with Gasteiger partial charge in [-0.2, -0.15) is 0 Å². The number of amides is 2. The molecule has 0 radical (unpaired) electrons. The van der Waals surface area contributed by atoms with Crippen molar-refractivity contribution in [2.24, 2.45) is 0 Å². The molecule has 0 spiro atoms. The predicted octanol–water partition coefficient (Wildman–Crippen LogP) is 1.94. The Morgan fingerprint density at radius 3 is 3.09 bits per heavy atom. The molecule has 2 aliphatic heterocycles. The second-order valence-electron chi connectivity index (χ2n) is 6.18. The van der Waals surface area contributed by atoms with Gasteiger partial charge < -0.3 is 15.0 Å². The Bertz CT molecular complexity index is 567. The molecule has 3 rings (SSSR count). The summed E-state index contributed by atoms with van der Waals surface area (Å²) in [6, 6.07) is 6.75. The van der Waals surface area contributed by atoms with E-state index in [4.69, 9.17) is 4.74 Å². The fourth-order valence-electron chi connectivity index (χ4n) is 3.21. The summed E-state index contributed by atoms with van der Waals surface area (Å²) >= 11 is 1.72. The summed E-state index contributed by atoms with van der Waals surface area (Å²) in [6.07, 6.45) is 2.07. The number of rotatable bonds is 3. The molecule has 1 aromatic carbocycles. The fourth-order valence-corrected chi connectivity index (χ4v) is 3.92. The molecule has 2 saturated heterocycles. The molecule has 2 heterocycles. The first-order valence-electron chi connectivity index (χ1n) is 8.15. The maximum Gasteiger partial charge on any atom is 0.317 e. The second kappa shape index (κ2) is 7.55. The van der Waals surface area contributed by atoms with E-state index in [9.17, 15) is 4.79 Å². The first kappa shape index (κ1) is 16.6. The van der Waals surface area contributed by atoms with Crippen LogP contribution in [0.2, 0.25) is 0 Å². The Kier molecular flexibility index (Phi) is 5.46. The number of aryl methyl sites for hydroxylation is 1. The zero-order valence-corrected chi connectivity index (χ0v) is 14.7. The van der Waals surface area contributed by atoms with Crippen LogP contribution in [-0.2, 0) is 11.3 Å². The van der Waals surface area contributed by atoms with Crippen LogP contribution < -0.4 is 5.32 Å². The molecule has 6 heteroatoms. The molecule has 2 amide bonds. The molecule has 2 aliphatic rings. The van der Waals surface area contributed by atoms with Gasteiger partial charge in [0.1, 0.15) is 0 Å². The van der Waals surface area contributed by atoms with Gasteiger partial charge in [-0.05, 0) is 30.4 Å². The zero-order valence-electron chi connectivity index (χ0n) is 13.9. The molecule has 0 unspecified atom stereocenters. The molecule has 0 aromatic heterocycles. The fraction of sp³-hybridized carbons (Fsp3) is 0.588. The monoisotopic (exact) mass is 335 g/mol. The van der Waals surface area contributed by atoms with Crippen LogP contribution in [-0.4, -0.2) is 67.5 Å². The number of ether oxygens (including phenoxy) is 1. The highest BCUT2D eigenvalue weighted by molar-refractivity contribution is 7.98. The maximum absolute atomic E-state index is 12.5. The molecular weight excluding hydrogens is 310 g/mol. The van der Waals surface area contributed by atoms with E-state index in [-0.39, 0.29) is 6.03 Å². The normalized spacial score (nSPS) is 21.8. The first-order chi connectivity index (χ1) is 11.2. The lowest BCUT2D eigenvalue weighted by Crippen LogP contribution is -2.60. The molecule has 2 fully saturated rings. The Hall–Kier alpha value is -1.24. The average Bonchev–Trinajstić information content (AvgIpc) is 2.59. The molecule has 1 atom stereocenters. The number of fused-ring (bicyclic) bond motifs is 1. The molecule has 0 aliphatic carbocycles. The molecule has 23 heavy (non-hydrogen) atoms. The number of nitrogens with zero attached hydrogens (tertiary/aromatic N) is 2. The lowest BCUT2D eigenvalue weighted by Gasteiger charge is -2.43. The predicted molar refractivity (Wildman–Crippen MR) is 92.9 cm³/mol. The molecule has 126 valence electrons. The number of carbonyl (C=O) groups excluding carboxylic acids is 1. The van der Waals surface area contributed by atoms with Crippen molar-refractivity contribution in [3.05, 3.63) is 29.3 Å². The van der Waals surface area contributed by atoms with Crippen LogP contribution in [0.5, 0.6) is 0 Å². The Balaban J connectivity index is 1.55. The van der Waals surface area contributed by atoms with E-state index in [1.807, 2.05) is 4.90 Å². The van der Waals surface area contributed by atoms with Crippen LogP contribution in [0.25, 0.3) is 0 Å². The summed E-state index contributed by atoms with van der Waals surface area (Å²) in [6.45, 7) is 7.71. The highest BCUT2D eigenvalue weighted by Gasteiger charge is 2.31. The van der Waals surface area contributed by atoms with E-state index in [0.29, 0.717) is 12.6 Å². The smallest absolute Gasteiger partial charge is 0.317 e. The van der Waals surface area contributed by atoms with Crippen LogP contribution in [0.15, 0.2) is 23.1 Å². The highest BCUT2D eigenvalue weighted by atomic mass is 32.2. The van der Waals surface area contributed by atoms with Crippen molar-refractivity contribution in [3.63, 3.8) is 0 Å². The number of urea groups is 1. The molecule has 0 saturated carbocycles. The Labute approximate surface area is 142 Å². The van der Waals surface area contributed by atoms with Crippen molar-refractivity contribution in [2.75, 3.05) is 45.6 Å².